The van der Waals surface area contributed by atoms with E-state index >= 15 is 0 Å². The third kappa shape index (κ3) is 9.84. The molecular weight excluding hydrogens is 144 g/mol. The first-order chi connectivity index (χ1) is 5.27. The number of nitrogens with zero attached hydrogens (tertiary/aromatic N) is 1. The van der Waals surface area contributed by atoms with Crippen molar-refractivity contribution in [1.82, 2.24) is 10.7 Å². The minimum atomic E-state index is 0.653. The fourth-order valence-electron chi connectivity index (χ4n) is 0.763. The summed E-state index contributed by atoms with van der Waals surface area (Å²) in [5.41, 5.74) is 2.62. The molecule has 0 aromatic heterocycles. The van der Waals surface area contributed by atoms with Gasteiger partial charge in [-0.25, -0.2) is 0 Å². The molecule has 4 nitrogen and oxygen atoms in total. The highest BCUT2D eigenvalue weighted by molar-refractivity contribution is 4.40. The first-order valence-corrected chi connectivity index (χ1v) is 4.09. The third-order valence-electron chi connectivity index (χ3n) is 1.33. The molecule has 0 aliphatic rings. The summed E-state index contributed by atoms with van der Waals surface area (Å²) in [5.74, 6) is 0. The topological polar surface area (TPSA) is 44.7 Å². The average Bonchev–Trinajstić information content (AvgIpc) is 1.96. The van der Waals surface area contributed by atoms with Crippen molar-refractivity contribution in [2.45, 2.75) is 32.6 Å². The van der Waals surface area contributed by atoms with Crippen LogP contribution in [0.2, 0.25) is 0 Å². The highest BCUT2D eigenvalue weighted by Gasteiger charge is 1.90. The second kappa shape index (κ2) is 7.94. The highest BCUT2D eigenvalue weighted by Crippen LogP contribution is 1.96. The maximum atomic E-state index is 8.50. The Morgan fingerprint density at radius 1 is 1.36 bits per heavy atom. The zero-order chi connectivity index (χ0) is 8.53. The number of hydroxylamine groups is 3. The van der Waals surface area contributed by atoms with Crippen LogP contribution in [0.5, 0.6) is 0 Å². The fraction of sp³-hybridized carbons (Fsp3) is 1.00. The van der Waals surface area contributed by atoms with Gasteiger partial charge >= 0.3 is 0 Å². The van der Waals surface area contributed by atoms with Gasteiger partial charge in [-0.1, -0.05) is 31.4 Å². The molecule has 0 saturated carbocycles. The quantitative estimate of drug-likeness (QED) is 0.438. The summed E-state index contributed by atoms with van der Waals surface area (Å²) >= 11 is 0. The molecule has 2 N–H and O–H groups in total. The van der Waals surface area contributed by atoms with Crippen LogP contribution in [0, 0.1) is 0 Å². The van der Waals surface area contributed by atoms with Gasteiger partial charge in [0.1, 0.15) is 0 Å². The summed E-state index contributed by atoms with van der Waals surface area (Å²) in [7, 11) is 1.42. The van der Waals surface area contributed by atoms with Gasteiger partial charge in [0.15, 0.2) is 0 Å². The first-order valence-electron chi connectivity index (χ1n) is 4.09. The summed E-state index contributed by atoms with van der Waals surface area (Å²) < 4.78 is 0. The molecule has 0 fully saturated rings. The van der Waals surface area contributed by atoms with Gasteiger partial charge in [0.2, 0.25) is 0 Å². The predicted octanol–water partition coefficient (Wildman–Crippen LogP) is 1.32. The van der Waals surface area contributed by atoms with Crippen LogP contribution in [0.1, 0.15) is 32.6 Å². The number of hydrogen-bond acceptors (Lipinski definition) is 4. The van der Waals surface area contributed by atoms with Crippen LogP contribution in [0.3, 0.4) is 0 Å². The van der Waals surface area contributed by atoms with Crippen LogP contribution in [-0.2, 0) is 4.94 Å². The van der Waals surface area contributed by atoms with Crippen molar-refractivity contribution in [2.24, 2.45) is 0 Å². The Kier molecular flexibility index (Phi) is 7.83. The van der Waals surface area contributed by atoms with Crippen LogP contribution in [0.4, 0.5) is 0 Å². The molecule has 0 spiro atoms. The lowest BCUT2D eigenvalue weighted by atomic mass is 10.2. The van der Waals surface area contributed by atoms with Crippen LogP contribution >= 0.6 is 0 Å². The zero-order valence-corrected chi connectivity index (χ0v) is 7.34. The van der Waals surface area contributed by atoms with Gasteiger partial charge in [0.05, 0.1) is 0 Å². The molecular formula is C7H18N2O2. The van der Waals surface area contributed by atoms with Crippen LogP contribution < -0.4 is 5.48 Å². The summed E-state index contributed by atoms with van der Waals surface area (Å²) in [6.45, 7) is 2.95. The van der Waals surface area contributed by atoms with Crippen molar-refractivity contribution in [1.29, 1.82) is 0 Å². The van der Waals surface area contributed by atoms with Gasteiger partial charge in [-0.15, -0.1) is 0 Å². The van der Waals surface area contributed by atoms with E-state index in [4.69, 9.17) is 5.21 Å². The van der Waals surface area contributed by atoms with E-state index in [-0.39, 0.29) is 0 Å². The second-order valence-electron chi connectivity index (χ2n) is 2.51. The number of rotatable bonds is 7. The SMILES string of the molecule is CCCCCCNON(C)O. The largest absolute Gasteiger partial charge is 0.288 e. The van der Waals surface area contributed by atoms with Gasteiger partial charge in [0.25, 0.3) is 0 Å². The lowest BCUT2D eigenvalue weighted by molar-refractivity contribution is -0.354. The number of hydrogen-bond donors (Lipinski definition) is 2. The molecule has 0 saturated heterocycles. The molecule has 4 heteroatoms. The van der Waals surface area contributed by atoms with E-state index in [1.54, 1.807) is 0 Å². The Labute approximate surface area is 68.0 Å². The Morgan fingerprint density at radius 3 is 2.64 bits per heavy atom. The van der Waals surface area contributed by atoms with E-state index in [0.29, 0.717) is 5.23 Å². The number of nitrogens with one attached hydrogen (secondary N) is 1. The fourth-order valence-corrected chi connectivity index (χ4v) is 0.763. The smallest absolute Gasteiger partial charge is 0.0421 e. The van der Waals surface area contributed by atoms with Crippen molar-refractivity contribution >= 4 is 0 Å². The van der Waals surface area contributed by atoms with Crippen molar-refractivity contribution in [3.63, 3.8) is 0 Å². The molecule has 0 heterocycles. The van der Waals surface area contributed by atoms with Crippen molar-refractivity contribution < 1.29 is 10.1 Å². The minimum absolute atomic E-state index is 0.653. The van der Waals surface area contributed by atoms with Crippen molar-refractivity contribution in [2.75, 3.05) is 13.6 Å². The van der Waals surface area contributed by atoms with Crippen molar-refractivity contribution in [3.05, 3.63) is 0 Å². The molecule has 68 valence electrons. The van der Waals surface area contributed by atoms with E-state index in [0.717, 1.165) is 13.0 Å². The summed E-state index contributed by atoms with van der Waals surface area (Å²) in [5, 5.41) is 9.16. The Bertz CT molecular complexity index is 78.8. The zero-order valence-electron chi connectivity index (χ0n) is 7.34. The van der Waals surface area contributed by atoms with E-state index in [2.05, 4.69) is 17.3 Å². The lowest BCUT2D eigenvalue weighted by Gasteiger charge is -2.08. The molecule has 0 atom stereocenters. The molecule has 0 aromatic rings. The van der Waals surface area contributed by atoms with Crippen molar-refractivity contribution in [3.8, 4) is 0 Å². The predicted molar refractivity (Wildman–Crippen MR) is 42.8 cm³/mol. The highest BCUT2D eigenvalue weighted by atomic mass is 17.0. The van der Waals surface area contributed by atoms with Gasteiger partial charge in [-0.2, -0.15) is 10.4 Å². The molecule has 0 rings (SSSR count). The van der Waals surface area contributed by atoms with E-state index in [1.165, 1.54) is 26.3 Å². The lowest BCUT2D eigenvalue weighted by Crippen LogP contribution is -2.26. The Hall–Kier alpha value is -0.160. The monoisotopic (exact) mass is 162 g/mol. The van der Waals surface area contributed by atoms with Crippen LogP contribution in [0.25, 0.3) is 0 Å². The molecule has 0 radical (unpaired) electrons. The number of unbranched alkanes of at least 4 members (excludes halogenated alkanes) is 3. The molecule has 0 aromatic carbocycles. The van der Waals surface area contributed by atoms with Gasteiger partial charge in [0, 0.05) is 13.6 Å². The maximum Gasteiger partial charge on any atom is 0.0421 e. The summed E-state index contributed by atoms with van der Waals surface area (Å²) in [6, 6.07) is 0. The van der Waals surface area contributed by atoms with Gasteiger partial charge < -0.3 is 0 Å². The van der Waals surface area contributed by atoms with E-state index in [1.807, 2.05) is 0 Å². The molecule has 11 heavy (non-hydrogen) atoms. The van der Waals surface area contributed by atoms with Gasteiger partial charge in [-0.3, -0.25) is 5.21 Å². The van der Waals surface area contributed by atoms with Crippen LogP contribution in [-0.4, -0.2) is 24.0 Å². The minimum Gasteiger partial charge on any atom is -0.288 e. The average molecular weight is 162 g/mol. The van der Waals surface area contributed by atoms with Crippen LogP contribution in [0.15, 0.2) is 0 Å². The third-order valence-corrected chi connectivity index (χ3v) is 1.33. The maximum absolute atomic E-state index is 8.50. The molecule has 0 unspecified atom stereocenters. The summed E-state index contributed by atoms with van der Waals surface area (Å²) in [4.78, 5) is 4.56. The molecule has 0 amide bonds. The Balaban J connectivity index is 2.80. The molecule has 0 aliphatic carbocycles. The summed E-state index contributed by atoms with van der Waals surface area (Å²) in [6.07, 6.45) is 4.79. The Morgan fingerprint density at radius 2 is 2.09 bits per heavy atom. The van der Waals surface area contributed by atoms with Gasteiger partial charge in [-0.05, 0) is 6.42 Å². The van der Waals surface area contributed by atoms with E-state index < -0.39 is 0 Å². The molecule has 0 bridgehead atoms. The van der Waals surface area contributed by atoms with E-state index in [9.17, 15) is 0 Å². The second-order valence-corrected chi connectivity index (χ2v) is 2.51. The first kappa shape index (κ1) is 10.8. The normalized spacial score (nSPS) is 10.9. The standard InChI is InChI=1S/C7H18N2O2/c1-3-4-5-6-7-8-11-9(2)10/h8,10H,3-7H2,1-2H3. The molecule has 0 aliphatic heterocycles.